The van der Waals surface area contributed by atoms with Gasteiger partial charge in [0.1, 0.15) is 25.8 Å². The van der Waals surface area contributed by atoms with E-state index in [1.807, 2.05) is 0 Å². The number of hydrogen-bond acceptors (Lipinski definition) is 10. The molecule has 0 saturated carbocycles. The first-order chi connectivity index (χ1) is 13.8. The molecule has 0 aromatic heterocycles. The molecule has 0 radical (unpaired) electrons. The summed E-state index contributed by atoms with van der Waals surface area (Å²) >= 11 is 0. The van der Waals surface area contributed by atoms with E-state index in [-0.39, 0.29) is 20.6 Å². The fraction of sp³-hybridized carbons (Fsp3) is 0.789. The molecule has 0 saturated heterocycles. The van der Waals surface area contributed by atoms with Crippen LogP contribution in [0.15, 0.2) is 0 Å². The minimum atomic E-state index is 0. The lowest BCUT2D eigenvalue weighted by Gasteiger charge is -2.04. The molecule has 10 heteroatoms. The zero-order valence-corrected chi connectivity index (χ0v) is 16.3. The highest BCUT2D eigenvalue weighted by molar-refractivity contribution is 5.49. The van der Waals surface area contributed by atoms with E-state index in [4.69, 9.17) is 18.9 Å². The van der Waals surface area contributed by atoms with Crippen molar-refractivity contribution in [3.63, 3.8) is 0 Å². The average Bonchev–Trinajstić information content (AvgIpc) is 2.71. The van der Waals surface area contributed by atoms with Crippen LogP contribution >= 0.6 is 0 Å². The van der Waals surface area contributed by atoms with Crippen LogP contribution in [0.25, 0.3) is 0 Å². The summed E-state index contributed by atoms with van der Waals surface area (Å²) in [7, 11) is 0. The quantitative estimate of drug-likeness (QED) is 0.183. The third-order valence-corrected chi connectivity index (χ3v) is 2.79. The molecule has 0 atom stereocenters. The van der Waals surface area contributed by atoms with Crippen molar-refractivity contribution in [3.8, 4) is 0 Å². The molecule has 0 heterocycles. The van der Waals surface area contributed by atoms with E-state index in [0.717, 1.165) is 25.4 Å². The van der Waals surface area contributed by atoms with Crippen molar-refractivity contribution in [3.05, 3.63) is 0 Å². The van der Waals surface area contributed by atoms with Gasteiger partial charge in [-0.25, -0.2) is 0 Å². The molecule has 0 amide bonds. The zero-order valence-electron chi connectivity index (χ0n) is 16.3. The van der Waals surface area contributed by atoms with E-state index >= 15 is 0 Å². The van der Waals surface area contributed by atoms with Crippen molar-refractivity contribution in [2.24, 2.45) is 0 Å². The summed E-state index contributed by atoms with van der Waals surface area (Å²) < 4.78 is 29.2. The summed E-state index contributed by atoms with van der Waals surface area (Å²) in [4.78, 5) is 39.3. The first-order valence-electron chi connectivity index (χ1n) is 9.12. The van der Waals surface area contributed by atoms with Crippen LogP contribution < -0.4 is 0 Å². The van der Waals surface area contributed by atoms with Gasteiger partial charge in [-0.3, -0.25) is 9.59 Å². The number of ether oxygens (including phenoxy) is 6. The van der Waals surface area contributed by atoms with Crippen LogP contribution in [0.4, 0.5) is 0 Å². The van der Waals surface area contributed by atoms with Gasteiger partial charge in [-0.15, -0.1) is 0 Å². The summed E-state index contributed by atoms with van der Waals surface area (Å²) in [5, 5.41) is 0. The summed E-state index contributed by atoms with van der Waals surface area (Å²) in [6, 6.07) is 0. The summed E-state index contributed by atoms with van der Waals surface area (Å²) in [5.74, 6) is 0. The molecule has 0 aliphatic heterocycles. The predicted molar refractivity (Wildman–Crippen MR) is 105 cm³/mol. The summed E-state index contributed by atoms with van der Waals surface area (Å²) in [6.07, 6.45) is 4.43. The van der Waals surface area contributed by atoms with Gasteiger partial charge in [-0.1, -0.05) is 7.43 Å². The SMILES string of the molecule is C.O=CCCCOCCOCCCC=O.O=COCCOCCOCCOC=O. The maximum atomic E-state index is 9.93. The lowest BCUT2D eigenvalue weighted by Crippen LogP contribution is -2.11. The Kier molecular flexibility index (Phi) is 36.9. The van der Waals surface area contributed by atoms with Gasteiger partial charge in [0, 0.05) is 26.1 Å². The largest absolute Gasteiger partial charge is 0.465 e. The van der Waals surface area contributed by atoms with Gasteiger partial charge in [-0.05, 0) is 12.8 Å². The van der Waals surface area contributed by atoms with Gasteiger partial charge in [0.2, 0.25) is 0 Å². The molecule has 0 rings (SSSR count). The Balaban J connectivity index is -0.000000451. The summed E-state index contributed by atoms with van der Waals surface area (Å²) in [6.45, 7) is 5.11. The highest BCUT2D eigenvalue weighted by atomic mass is 16.6. The number of aldehydes is 2. The van der Waals surface area contributed by atoms with Crippen LogP contribution in [0, 0.1) is 0 Å². The van der Waals surface area contributed by atoms with E-state index in [2.05, 4.69) is 9.47 Å². The standard InChI is InChI=1S/C10H18O4.C8H14O6.CH4/c11-5-1-3-7-13-9-10-14-8-4-2-6-12;9-7-13-5-3-11-1-2-12-4-6-14-8-10;/h5-6H,1-4,7-10H2;7-8H,1-6H2;1H4. The normalized spacial score (nSPS) is 9.38. The molecule has 0 fully saturated rings. The van der Waals surface area contributed by atoms with Crippen LogP contribution in [-0.2, 0) is 47.6 Å². The van der Waals surface area contributed by atoms with Gasteiger partial charge in [0.15, 0.2) is 0 Å². The Bertz CT molecular complexity index is 275. The number of carbonyl (C=O) groups excluding carboxylic acids is 4. The van der Waals surface area contributed by atoms with Crippen LogP contribution in [-0.4, -0.2) is 91.6 Å². The van der Waals surface area contributed by atoms with Crippen molar-refractivity contribution >= 4 is 25.5 Å². The van der Waals surface area contributed by atoms with Gasteiger partial charge in [-0.2, -0.15) is 0 Å². The van der Waals surface area contributed by atoms with Gasteiger partial charge in [0.05, 0.1) is 39.6 Å². The van der Waals surface area contributed by atoms with Crippen molar-refractivity contribution < 1.29 is 47.6 Å². The van der Waals surface area contributed by atoms with E-state index in [9.17, 15) is 19.2 Å². The monoisotopic (exact) mass is 424 g/mol. The second-order valence-corrected chi connectivity index (χ2v) is 5.00. The number of rotatable bonds is 22. The van der Waals surface area contributed by atoms with E-state index < -0.39 is 0 Å². The minimum Gasteiger partial charge on any atom is -0.465 e. The maximum Gasteiger partial charge on any atom is 0.293 e. The number of unbranched alkanes of at least 4 members (excludes halogenated alkanes) is 2. The fourth-order valence-corrected chi connectivity index (χ4v) is 1.49. The van der Waals surface area contributed by atoms with E-state index in [1.54, 1.807) is 0 Å². The van der Waals surface area contributed by atoms with Crippen molar-refractivity contribution in [2.45, 2.75) is 33.1 Å². The molecule has 0 aliphatic rings. The zero-order chi connectivity index (χ0) is 21.0. The van der Waals surface area contributed by atoms with Crippen LogP contribution in [0.2, 0.25) is 0 Å². The van der Waals surface area contributed by atoms with Crippen molar-refractivity contribution in [2.75, 3.05) is 66.1 Å². The fourth-order valence-electron chi connectivity index (χ4n) is 1.49. The third kappa shape index (κ3) is 37.5. The molecule has 0 N–H and O–H groups in total. The highest BCUT2D eigenvalue weighted by Crippen LogP contribution is 1.89. The van der Waals surface area contributed by atoms with Gasteiger partial charge >= 0.3 is 0 Å². The molecule has 0 unspecified atom stereocenters. The Morgan fingerprint density at radius 3 is 1.07 bits per heavy atom. The molecule has 29 heavy (non-hydrogen) atoms. The topological polar surface area (TPSA) is 124 Å². The molecule has 0 aromatic rings. The highest BCUT2D eigenvalue weighted by Gasteiger charge is 1.91. The van der Waals surface area contributed by atoms with Gasteiger partial charge < -0.3 is 38.0 Å². The maximum absolute atomic E-state index is 9.93. The Labute approximate surface area is 173 Å². The third-order valence-electron chi connectivity index (χ3n) is 2.79. The molecule has 0 spiro atoms. The van der Waals surface area contributed by atoms with Gasteiger partial charge in [0.25, 0.3) is 12.9 Å². The minimum absolute atomic E-state index is 0. The van der Waals surface area contributed by atoms with E-state index in [0.29, 0.717) is 78.6 Å². The van der Waals surface area contributed by atoms with Crippen molar-refractivity contribution in [1.82, 2.24) is 0 Å². The first kappa shape index (κ1) is 31.8. The molecule has 172 valence electrons. The molecule has 0 bridgehead atoms. The second-order valence-electron chi connectivity index (χ2n) is 5.00. The second kappa shape index (κ2) is 33.7. The van der Waals surface area contributed by atoms with E-state index in [1.165, 1.54) is 0 Å². The molecule has 10 nitrogen and oxygen atoms in total. The predicted octanol–water partition coefficient (Wildman–Crippen LogP) is 0.980. The van der Waals surface area contributed by atoms with Crippen LogP contribution in [0.1, 0.15) is 33.1 Å². The molecule has 0 aromatic carbocycles. The summed E-state index contributed by atoms with van der Waals surface area (Å²) in [5.41, 5.74) is 0. The van der Waals surface area contributed by atoms with Crippen molar-refractivity contribution in [1.29, 1.82) is 0 Å². The number of hydrogen-bond donors (Lipinski definition) is 0. The molecule has 0 aliphatic carbocycles. The lowest BCUT2D eigenvalue weighted by atomic mass is 10.3. The Morgan fingerprint density at radius 2 is 0.759 bits per heavy atom. The lowest BCUT2D eigenvalue weighted by molar-refractivity contribution is -0.131. The Morgan fingerprint density at radius 1 is 0.448 bits per heavy atom. The smallest absolute Gasteiger partial charge is 0.293 e. The Hall–Kier alpha value is -1.88. The first-order valence-corrected chi connectivity index (χ1v) is 9.12. The average molecular weight is 424 g/mol. The molecular formula is C19H36O10. The number of carbonyl (C=O) groups is 4. The van der Waals surface area contributed by atoms with Crippen LogP contribution in [0.3, 0.4) is 0 Å². The molecular weight excluding hydrogens is 388 g/mol. The van der Waals surface area contributed by atoms with Crippen LogP contribution in [0.5, 0.6) is 0 Å².